The van der Waals surface area contributed by atoms with Gasteiger partial charge in [-0.1, -0.05) is 0 Å². The highest BCUT2D eigenvalue weighted by molar-refractivity contribution is 4.63. The van der Waals surface area contributed by atoms with E-state index in [0.29, 0.717) is 0 Å². The molecule has 0 aromatic rings. The van der Waals surface area contributed by atoms with Crippen LogP contribution in [0.4, 0.5) is 0 Å². The van der Waals surface area contributed by atoms with Gasteiger partial charge in [0.2, 0.25) is 0 Å². The minimum atomic E-state index is 0.202. The molecule has 92 valence electrons. The Morgan fingerprint density at radius 1 is 1.07 bits per heavy atom. The number of ether oxygens (including phenoxy) is 2. The second-order valence-electron chi connectivity index (χ2n) is 3.67. The van der Waals surface area contributed by atoms with Crippen molar-refractivity contribution in [1.29, 1.82) is 0 Å². The number of rotatable bonds is 10. The Bertz CT molecular complexity index is 122. The topological polar surface area (TPSA) is 47.7 Å². The molecule has 15 heavy (non-hydrogen) atoms. The van der Waals surface area contributed by atoms with E-state index in [9.17, 15) is 0 Å². The largest absolute Gasteiger partial charge is 0.380 e. The molecule has 0 bridgehead atoms. The third-order valence-electron chi connectivity index (χ3n) is 2.06. The van der Waals surface area contributed by atoms with E-state index in [1.54, 1.807) is 0 Å². The van der Waals surface area contributed by atoms with Crippen LogP contribution in [0.3, 0.4) is 0 Å². The van der Waals surface area contributed by atoms with E-state index >= 15 is 0 Å². The van der Waals surface area contributed by atoms with Crippen molar-refractivity contribution in [2.24, 2.45) is 5.73 Å². The first-order chi connectivity index (χ1) is 7.20. The summed E-state index contributed by atoms with van der Waals surface area (Å²) in [7, 11) is 0. The van der Waals surface area contributed by atoms with Gasteiger partial charge in [0.05, 0.1) is 13.2 Å². The van der Waals surface area contributed by atoms with Crippen molar-refractivity contribution in [1.82, 2.24) is 4.90 Å². The first-order valence-electron chi connectivity index (χ1n) is 5.84. The van der Waals surface area contributed by atoms with Crippen molar-refractivity contribution in [3.63, 3.8) is 0 Å². The van der Waals surface area contributed by atoms with E-state index < -0.39 is 0 Å². The molecule has 0 aliphatic carbocycles. The molecule has 0 rings (SSSR count). The zero-order valence-electron chi connectivity index (χ0n) is 10.4. The molecule has 0 amide bonds. The third kappa shape index (κ3) is 10.1. The van der Waals surface area contributed by atoms with Crippen LogP contribution in [0.1, 0.15) is 20.8 Å². The van der Waals surface area contributed by atoms with Crippen LogP contribution < -0.4 is 5.73 Å². The fourth-order valence-corrected chi connectivity index (χ4v) is 1.38. The van der Waals surface area contributed by atoms with Crippen LogP contribution in [0.5, 0.6) is 0 Å². The molecular weight excluding hydrogens is 192 g/mol. The summed E-state index contributed by atoms with van der Waals surface area (Å²) >= 11 is 0. The van der Waals surface area contributed by atoms with Crippen LogP contribution in [0.25, 0.3) is 0 Å². The van der Waals surface area contributed by atoms with E-state index in [1.807, 2.05) is 20.8 Å². The van der Waals surface area contributed by atoms with Crippen LogP contribution in [0, 0.1) is 0 Å². The molecule has 0 radical (unpaired) electrons. The summed E-state index contributed by atoms with van der Waals surface area (Å²) in [4.78, 5) is 2.29. The van der Waals surface area contributed by atoms with E-state index in [4.69, 9.17) is 15.2 Å². The van der Waals surface area contributed by atoms with Gasteiger partial charge in [-0.2, -0.15) is 0 Å². The average Bonchev–Trinajstić information content (AvgIpc) is 2.17. The molecule has 0 unspecified atom stereocenters. The summed E-state index contributed by atoms with van der Waals surface area (Å²) in [6.07, 6.45) is 0. The molecule has 0 saturated heterocycles. The van der Waals surface area contributed by atoms with Gasteiger partial charge in [0.1, 0.15) is 0 Å². The molecule has 0 aliphatic rings. The summed E-state index contributed by atoms with van der Waals surface area (Å²) in [6, 6.07) is 0.202. The minimum absolute atomic E-state index is 0.202. The fourth-order valence-electron chi connectivity index (χ4n) is 1.38. The van der Waals surface area contributed by atoms with Crippen LogP contribution in [0.15, 0.2) is 0 Å². The lowest BCUT2D eigenvalue weighted by Crippen LogP contribution is -2.39. The Morgan fingerprint density at radius 2 is 1.53 bits per heavy atom. The van der Waals surface area contributed by atoms with Gasteiger partial charge in [-0.25, -0.2) is 0 Å². The standard InChI is InChI=1S/C11H26N2O2/c1-4-14-8-6-13(10-11(3)12)7-9-15-5-2/h11H,4-10,12H2,1-3H3/t11-/m0/s1. The Kier molecular flexibility index (Phi) is 10.3. The summed E-state index contributed by atoms with van der Waals surface area (Å²) < 4.78 is 10.7. The second kappa shape index (κ2) is 10.4. The smallest absolute Gasteiger partial charge is 0.0593 e. The molecule has 4 heteroatoms. The molecule has 2 N–H and O–H groups in total. The lowest BCUT2D eigenvalue weighted by molar-refractivity contribution is 0.0810. The van der Waals surface area contributed by atoms with Crippen LogP contribution in [0.2, 0.25) is 0 Å². The lowest BCUT2D eigenvalue weighted by Gasteiger charge is -2.23. The van der Waals surface area contributed by atoms with Crippen LogP contribution in [-0.4, -0.2) is 57.0 Å². The van der Waals surface area contributed by atoms with Crippen molar-refractivity contribution < 1.29 is 9.47 Å². The molecular formula is C11H26N2O2. The maximum absolute atomic E-state index is 5.78. The normalized spacial score (nSPS) is 13.4. The highest BCUT2D eigenvalue weighted by Crippen LogP contribution is 1.92. The summed E-state index contributed by atoms with van der Waals surface area (Å²) in [6.45, 7) is 11.9. The summed E-state index contributed by atoms with van der Waals surface area (Å²) in [5, 5.41) is 0. The highest BCUT2D eigenvalue weighted by Gasteiger charge is 2.06. The molecule has 0 aromatic carbocycles. The molecule has 1 atom stereocenters. The van der Waals surface area contributed by atoms with Gasteiger partial charge < -0.3 is 15.2 Å². The Morgan fingerprint density at radius 3 is 1.87 bits per heavy atom. The molecule has 0 fully saturated rings. The summed E-state index contributed by atoms with van der Waals surface area (Å²) in [5.41, 5.74) is 5.78. The molecule has 0 heterocycles. The third-order valence-corrected chi connectivity index (χ3v) is 2.06. The molecule has 0 spiro atoms. The van der Waals surface area contributed by atoms with Crippen LogP contribution in [-0.2, 0) is 9.47 Å². The molecule has 0 aromatic heterocycles. The first kappa shape index (κ1) is 14.8. The monoisotopic (exact) mass is 218 g/mol. The van der Waals surface area contributed by atoms with Crippen molar-refractivity contribution in [3.05, 3.63) is 0 Å². The molecule has 0 saturated carbocycles. The van der Waals surface area contributed by atoms with E-state index in [1.165, 1.54) is 0 Å². The van der Waals surface area contributed by atoms with Gasteiger partial charge in [-0.3, -0.25) is 4.90 Å². The lowest BCUT2D eigenvalue weighted by atomic mass is 10.3. The number of nitrogens with two attached hydrogens (primary N) is 1. The van der Waals surface area contributed by atoms with Gasteiger partial charge in [-0.05, 0) is 20.8 Å². The SMILES string of the molecule is CCOCCN(CCOCC)C[C@H](C)N. The van der Waals surface area contributed by atoms with Gasteiger partial charge >= 0.3 is 0 Å². The average molecular weight is 218 g/mol. The predicted molar refractivity (Wildman–Crippen MR) is 63.1 cm³/mol. The minimum Gasteiger partial charge on any atom is -0.380 e. The molecule has 4 nitrogen and oxygen atoms in total. The van der Waals surface area contributed by atoms with Crippen molar-refractivity contribution >= 4 is 0 Å². The van der Waals surface area contributed by atoms with Crippen molar-refractivity contribution in [2.45, 2.75) is 26.8 Å². The van der Waals surface area contributed by atoms with Crippen LogP contribution >= 0.6 is 0 Å². The Hall–Kier alpha value is -0.160. The first-order valence-corrected chi connectivity index (χ1v) is 5.84. The van der Waals surface area contributed by atoms with E-state index in [0.717, 1.165) is 46.1 Å². The van der Waals surface area contributed by atoms with Gasteiger partial charge in [0.25, 0.3) is 0 Å². The van der Waals surface area contributed by atoms with E-state index in [-0.39, 0.29) is 6.04 Å². The molecule has 0 aliphatic heterocycles. The fraction of sp³-hybridized carbons (Fsp3) is 1.00. The van der Waals surface area contributed by atoms with Gasteiger partial charge in [0.15, 0.2) is 0 Å². The Labute approximate surface area is 93.7 Å². The second-order valence-corrected chi connectivity index (χ2v) is 3.67. The van der Waals surface area contributed by atoms with Gasteiger partial charge in [0, 0.05) is 38.9 Å². The number of nitrogens with zero attached hydrogens (tertiary/aromatic N) is 1. The Balaban J connectivity index is 3.63. The zero-order valence-corrected chi connectivity index (χ0v) is 10.4. The predicted octanol–water partition coefficient (Wildman–Crippen LogP) is 0.709. The van der Waals surface area contributed by atoms with Crippen molar-refractivity contribution in [2.75, 3.05) is 46.1 Å². The van der Waals surface area contributed by atoms with Gasteiger partial charge in [-0.15, -0.1) is 0 Å². The maximum atomic E-state index is 5.78. The highest BCUT2D eigenvalue weighted by atomic mass is 16.5. The van der Waals surface area contributed by atoms with E-state index in [2.05, 4.69) is 4.90 Å². The number of hydrogen-bond acceptors (Lipinski definition) is 4. The summed E-state index contributed by atoms with van der Waals surface area (Å²) in [5.74, 6) is 0. The quantitative estimate of drug-likeness (QED) is 0.549. The zero-order chi connectivity index (χ0) is 11.5. The maximum Gasteiger partial charge on any atom is 0.0593 e. The van der Waals surface area contributed by atoms with Crippen molar-refractivity contribution in [3.8, 4) is 0 Å². The number of hydrogen-bond donors (Lipinski definition) is 1.